The Morgan fingerprint density at radius 2 is 1.87 bits per heavy atom. The van der Waals surface area contributed by atoms with E-state index < -0.39 is 0 Å². The van der Waals surface area contributed by atoms with E-state index in [1.807, 2.05) is 31.2 Å². The molecule has 23 heavy (non-hydrogen) atoms. The van der Waals surface area contributed by atoms with Gasteiger partial charge in [0, 0.05) is 0 Å². The van der Waals surface area contributed by atoms with Crippen LogP contribution in [0.25, 0.3) is 0 Å². The van der Waals surface area contributed by atoms with E-state index in [4.69, 9.17) is 4.74 Å². The highest BCUT2D eigenvalue weighted by atomic mass is 19.1. The molecular weight excluding hydrogens is 295 g/mol. The normalized spacial score (nSPS) is 10.7. The van der Waals surface area contributed by atoms with Crippen molar-refractivity contribution in [2.45, 2.75) is 19.8 Å². The van der Waals surface area contributed by atoms with Crippen molar-refractivity contribution < 1.29 is 13.9 Å². The van der Waals surface area contributed by atoms with Gasteiger partial charge in [-0.05, 0) is 41.8 Å². The van der Waals surface area contributed by atoms with Crippen LogP contribution in [0.4, 0.5) is 4.39 Å². The molecule has 0 aliphatic heterocycles. The molecular formula is C18H19FN2O2. The summed E-state index contributed by atoms with van der Waals surface area (Å²) in [7, 11) is 0. The molecule has 120 valence electrons. The summed E-state index contributed by atoms with van der Waals surface area (Å²) in [5.74, 6) is 0.272. The highest BCUT2D eigenvalue weighted by Gasteiger charge is 2.02. The lowest BCUT2D eigenvalue weighted by Crippen LogP contribution is -2.19. The zero-order valence-corrected chi connectivity index (χ0v) is 13.0. The fraction of sp³-hybridized carbons (Fsp3) is 0.222. The van der Waals surface area contributed by atoms with Crippen LogP contribution in [-0.4, -0.2) is 18.7 Å². The lowest BCUT2D eigenvalue weighted by molar-refractivity contribution is -0.120. The molecule has 0 bridgehead atoms. The largest absolute Gasteiger partial charge is 0.494 e. The Morgan fingerprint density at radius 1 is 1.17 bits per heavy atom. The summed E-state index contributed by atoms with van der Waals surface area (Å²) >= 11 is 0. The maximum absolute atomic E-state index is 12.8. The molecule has 1 amide bonds. The Hall–Kier alpha value is -2.69. The molecule has 5 heteroatoms. The Bertz CT molecular complexity index is 652. The first-order valence-electron chi connectivity index (χ1n) is 7.46. The smallest absolute Gasteiger partial charge is 0.244 e. The number of nitrogens with zero attached hydrogens (tertiary/aromatic N) is 1. The molecule has 2 aromatic carbocycles. The van der Waals surface area contributed by atoms with E-state index in [1.165, 1.54) is 18.3 Å². The summed E-state index contributed by atoms with van der Waals surface area (Å²) in [5, 5.41) is 3.85. The summed E-state index contributed by atoms with van der Waals surface area (Å²) in [5.41, 5.74) is 4.04. The van der Waals surface area contributed by atoms with Crippen LogP contribution in [0.3, 0.4) is 0 Å². The second-order valence-corrected chi connectivity index (χ2v) is 5.01. The number of halogens is 1. The molecule has 0 aromatic heterocycles. The summed E-state index contributed by atoms with van der Waals surface area (Å²) in [6.45, 7) is 2.73. The van der Waals surface area contributed by atoms with Crippen LogP contribution in [0.2, 0.25) is 0 Å². The number of rotatable bonds is 7. The van der Waals surface area contributed by atoms with Gasteiger partial charge in [-0.15, -0.1) is 0 Å². The average molecular weight is 314 g/mol. The van der Waals surface area contributed by atoms with Crippen molar-refractivity contribution in [2.24, 2.45) is 5.10 Å². The third-order valence-corrected chi connectivity index (χ3v) is 3.03. The number of amides is 1. The van der Waals surface area contributed by atoms with Gasteiger partial charge in [-0.1, -0.05) is 31.2 Å². The first kappa shape index (κ1) is 16.7. The predicted octanol–water partition coefficient (Wildman–Crippen LogP) is 3.31. The van der Waals surface area contributed by atoms with Crippen LogP contribution in [0, 0.1) is 5.82 Å². The van der Waals surface area contributed by atoms with Crippen LogP contribution in [0.1, 0.15) is 24.5 Å². The molecule has 0 aliphatic carbocycles. The monoisotopic (exact) mass is 314 g/mol. The first-order valence-corrected chi connectivity index (χ1v) is 7.46. The number of hydrogen-bond acceptors (Lipinski definition) is 3. The SMILES string of the molecule is CCCOc1ccc(CC(=O)N/N=C/c2ccc(F)cc2)cc1. The minimum atomic E-state index is -0.308. The highest BCUT2D eigenvalue weighted by Crippen LogP contribution is 2.12. The summed E-state index contributed by atoms with van der Waals surface area (Å²) in [6, 6.07) is 13.2. The Morgan fingerprint density at radius 3 is 2.52 bits per heavy atom. The van der Waals surface area contributed by atoms with E-state index in [9.17, 15) is 9.18 Å². The zero-order valence-electron chi connectivity index (χ0n) is 13.0. The summed E-state index contributed by atoms with van der Waals surface area (Å²) in [4.78, 5) is 11.8. The number of nitrogens with one attached hydrogen (secondary N) is 1. The van der Waals surface area contributed by atoms with E-state index in [0.717, 1.165) is 17.7 Å². The molecule has 0 aliphatic rings. The standard InChI is InChI=1S/C18H19FN2O2/c1-2-11-23-17-9-5-14(6-10-17)12-18(22)21-20-13-15-3-7-16(19)8-4-15/h3-10,13H,2,11-12H2,1H3,(H,21,22)/b20-13+. The highest BCUT2D eigenvalue weighted by molar-refractivity contribution is 5.83. The van der Waals surface area contributed by atoms with E-state index in [0.29, 0.717) is 12.2 Å². The van der Waals surface area contributed by atoms with Crippen molar-refractivity contribution in [1.29, 1.82) is 0 Å². The molecule has 0 saturated heterocycles. The average Bonchev–Trinajstić information content (AvgIpc) is 2.56. The van der Waals surface area contributed by atoms with Gasteiger partial charge in [-0.3, -0.25) is 4.79 Å². The Balaban J connectivity index is 1.81. The topological polar surface area (TPSA) is 50.7 Å². The van der Waals surface area contributed by atoms with Gasteiger partial charge in [0.05, 0.1) is 19.2 Å². The molecule has 0 saturated carbocycles. The van der Waals surface area contributed by atoms with Gasteiger partial charge in [-0.2, -0.15) is 5.10 Å². The third kappa shape index (κ3) is 5.90. The Labute approximate surface area is 135 Å². The van der Waals surface area contributed by atoms with Crippen LogP contribution in [0.15, 0.2) is 53.6 Å². The van der Waals surface area contributed by atoms with E-state index in [1.54, 1.807) is 12.1 Å². The van der Waals surface area contributed by atoms with E-state index in [2.05, 4.69) is 10.5 Å². The van der Waals surface area contributed by atoms with Crippen LogP contribution >= 0.6 is 0 Å². The van der Waals surface area contributed by atoms with Crippen molar-refractivity contribution in [1.82, 2.24) is 5.43 Å². The van der Waals surface area contributed by atoms with Gasteiger partial charge in [-0.25, -0.2) is 9.82 Å². The lowest BCUT2D eigenvalue weighted by Gasteiger charge is -2.05. The maximum atomic E-state index is 12.8. The van der Waals surface area contributed by atoms with Crippen molar-refractivity contribution in [3.05, 3.63) is 65.5 Å². The van der Waals surface area contributed by atoms with Crippen molar-refractivity contribution in [3.8, 4) is 5.75 Å². The Kier molecular flexibility index (Phi) is 6.29. The van der Waals surface area contributed by atoms with Gasteiger partial charge in [0.2, 0.25) is 5.91 Å². The summed E-state index contributed by atoms with van der Waals surface area (Å²) in [6.07, 6.45) is 2.66. The number of carbonyl (C=O) groups excluding carboxylic acids is 1. The molecule has 2 rings (SSSR count). The fourth-order valence-corrected chi connectivity index (χ4v) is 1.88. The molecule has 0 radical (unpaired) electrons. The van der Waals surface area contributed by atoms with Crippen LogP contribution in [-0.2, 0) is 11.2 Å². The van der Waals surface area contributed by atoms with Crippen molar-refractivity contribution in [2.75, 3.05) is 6.61 Å². The zero-order chi connectivity index (χ0) is 16.5. The van der Waals surface area contributed by atoms with Gasteiger partial charge in [0.1, 0.15) is 11.6 Å². The van der Waals surface area contributed by atoms with Gasteiger partial charge in [0.25, 0.3) is 0 Å². The minimum Gasteiger partial charge on any atom is -0.494 e. The maximum Gasteiger partial charge on any atom is 0.244 e. The number of carbonyl (C=O) groups is 1. The molecule has 0 spiro atoms. The fourth-order valence-electron chi connectivity index (χ4n) is 1.88. The number of hydrazone groups is 1. The van der Waals surface area contributed by atoms with Gasteiger partial charge < -0.3 is 4.74 Å². The minimum absolute atomic E-state index is 0.217. The van der Waals surface area contributed by atoms with Crippen LogP contribution < -0.4 is 10.2 Å². The molecule has 0 atom stereocenters. The molecule has 0 fully saturated rings. The van der Waals surface area contributed by atoms with Gasteiger partial charge in [0.15, 0.2) is 0 Å². The van der Waals surface area contributed by atoms with E-state index in [-0.39, 0.29) is 18.1 Å². The first-order chi connectivity index (χ1) is 11.2. The van der Waals surface area contributed by atoms with Crippen molar-refractivity contribution in [3.63, 3.8) is 0 Å². The molecule has 0 unspecified atom stereocenters. The quantitative estimate of drug-likeness (QED) is 0.629. The predicted molar refractivity (Wildman–Crippen MR) is 88.1 cm³/mol. The van der Waals surface area contributed by atoms with Crippen molar-refractivity contribution >= 4 is 12.1 Å². The number of hydrogen-bond donors (Lipinski definition) is 1. The lowest BCUT2D eigenvalue weighted by atomic mass is 10.1. The second kappa shape index (κ2) is 8.68. The molecule has 1 N–H and O–H groups in total. The second-order valence-electron chi connectivity index (χ2n) is 5.01. The number of ether oxygens (including phenoxy) is 1. The van der Waals surface area contributed by atoms with E-state index >= 15 is 0 Å². The third-order valence-electron chi connectivity index (χ3n) is 3.03. The van der Waals surface area contributed by atoms with Crippen LogP contribution in [0.5, 0.6) is 5.75 Å². The summed E-state index contributed by atoms with van der Waals surface area (Å²) < 4.78 is 18.2. The molecule has 0 heterocycles. The number of benzene rings is 2. The molecule has 4 nitrogen and oxygen atoms in total. The van der Waals surface area contributed by atoms with Gasteiger partial charge >= 0.3 is 0 Å². The molecule has 2 aromatic rings.